The van der Waals surface area contributed by atoms with E-state index in [1.165, 1.54) is 0 Å². The van der Waals surface area contributed by atoms with Gasteiger partial charge in [0, 0.05) is 25.5 Å². The first-order valence-corrected chi connectivity index (χ1v) is 7.17. The molecule has 0 saturated carbocycles. The topological polar surface area (TPSA) is 93.8 Å². The van der Waals surface area contributed by atoms with Crippen LogP contribution in [0.5, 0.6) is 0 Å². The highest BCUT2D eigenvalue weighted by molar-refractivity contribution is 5.95. The molecular weight excluding hydrogens is 284 g/mol. The van der Waals surface area contributed by atoms with Gasteiger partial charge in [0.25, 0.3) is 5.91 Å². The lowest BCUT2D eigenvalue weighted by Crippen LogP contribution is -2.38. The fourth-order valence-corrected chi connectivity index (χ4v) is 2.03. The minimum absolute atomic E-state index is 0.0636. The Morgan fingerprint density at radius 1 is 1.32 bits per heavy atom. The maximum absolute atomic E-state index is 12.0. The van der Waals surface area contributed by atoms with Gasteiger partial charge < -0.3 is 10.6 Å². The van der Waals surface area contributed by atoms with Crippen molar-refractivity contribution in [3.8, 4) is 0 Å². The highest BCUT2D eigenvalue weighted by Crippen LogP contribution is 2.03. The average Bonchev–Trinajstić information content (AvgIpc) is 3.14. The van der Waals surface area contributed by atoms with E-state index in [1.807, 2.05) is 26.1 Å². The molecule has 118 valence electrons. The van der Waals surface area contributed by atoms with Crippen molar-refractivity contribution in [1.29, 1.82) is 0 Å². The van der Waals surface area contributed by atoms with Gasteiger partial charge in [-0.05, 0) is 26.0 Å². The summed E-state index contributed by atoms with van der Waals surface area (Å²) in [4.78, 5) is 23.7. The molecule has 0 spiro atoms. The number of amides is 2. The van der Waals surface area contributed by atoms with Crippen LogP contribution in [0.4, 0.5) is 0 Å². The molecule has 0 aliphatic heterocycles. The SMILES string of the molecule is CCn1nc(C)cc1C(=O)NCC(=O)NCCn1cccn1. The predicted molar refractivity (Wildman–Crippen MR) is 80.2 cm³/mol. The zero-order valence-electron chi connectivity index (χ0n) is 12.7. The summed E-state index contributed by atoms with van der Waals surface area (Å²) in [6.45, 7) is 5.32. The minimum Gasteiger partial charge on any atom is -0.353 e. The van der Waals surface area contributed by atoms with Crippen LogP contribution in [0.1, 0.15) is 23.1 Å². The second kappa shape index (κ2) is 7.39. The monoisotopic (exact) mass is 304 g/mol. The van der Waals surface area contributed by atoms with Gasteiger partial charge in [-0.2, -0.15) is 10.2 Å². The van der Waals surface area contributed by atoms with Crippen LogP contribution in [0.25, 0.3) is 0 Å². The van der Waals surface area contributed by atoms with Gasteiger partial charge in [-0.25, -0.2) is 0 Å². The number of carbonyl (C=O) groups excluding carboxylic acids is 2. The third-order valence-corrected chi connectivity index (χ3v) is 3.07. The summed E-state index contributed by atoms with van der Waals surface area (Å²) in [7, 11) is 0. The average molecular weight is 304 g/mol. The van der Waals surface area contributed by atoms with Crippen molar-refractivity contribution in [3.63, 3.8) is 0 Å². The number of hydrogen-bond acceptors (Lipinski definition) is 4. The van der Waals surface area contributed by atoms with E-state index in [0.29, 0.717) is 25.3 Å². The molecule has 0 aliphatic carbocycles. The molecule has 2 aromatic heterocycles. The summed E-state index contributed by atoms with van der Waals surface area (Å²) in [5.41, 5.74) is 1.24. The molecule has 2 N–H and O–H groups in total. The van der Waals surface area contributed by atoms with E-state index < -0.39 is 0 Å². The van der Waals surface area contributed by atoms with Crippen LogP contribution in [0.2, 0.25) is 0 Å². The molecule has 0 aromatic carbocycles. The third kappa shape index (κ3) is 4.18. The lowest BCUT2D eigenvalue weighted by molar-refractivity contribution is -0.120. The standard InChI is InChI=1S/C14H20N6O2/c1-3-20-12(9-11(2)18-20)14(22)16-10-13(21)15-6-8-19-7-4-5-17-19/h4-5,7,9H,3,6,8,10H2,1-2H3,(H,15,21)(H,16,22). The Kier molecular flexibility index (Phi) is 5.29. The maximum Gasteiger partial charge on any atom is 0.269 e. The molecule has 0 bridgehead atoms. The predicted octanol–water partition coefficient (Wildman–Crippen LogP) is -0.0459. The van der Waals surface area contributed by atoms with Crippen molar-refractivity contribution in [2.45, 2.75) is 26.9 Å². The van der Waals surface area contributed by atoms with Crippen molar-refractivity contribution >= 4 is 11.8 Å². The van der Waals surface area contributed by atoms with Crippen LogP contribution in [-0.2, 0) is 17.9 Å². The zero-order valence-corrected chi connectivity index (χ0v) is 12.7. The van der Waals surface area contributed by atoms with Gasteiger partial charge in [0.1, 0.15) is 5.69 Å². The smallest absolute Gasteiger partial charge is 0.269 e. The summed E-state index contributed by atoms with van der Waals surface area (Å²) in [5, 5.41) is 13.6. The van der Waals surface area contributed by atoms with Crippen LogP contribution >= 0.6 is 0 Å². The van der Waals surface area contributed by atoms with E-state index in [0.717, 1.165) is 5.69 Å². The number of carbonyl (C=O) groups is 2. The molecule has 2 heterocycles. The zero-order chi connectivity index (χ0) is 15.9. The molecule has 2 amide bonds. The first-order valence-electron chi connectivity index (χ1n) is 7.17. The summed E-state index contributed by atoms with van der Waals surface area (Å²) in [5.74, 6) is -0.538. The maximum atomic E-state index is 12.0. The van der Waals surface area contributed by atoms with E-state index in [4.69, 9.17) is 0 Å². The van der Waals surface area contributed by atoms with Crippen LogP contribution in [-0.4, -0.2) is 44.5 Å². The Balaban J connectivity index is 1.74. The van der Waals surface area contributed by atoms with Crippen molar-refractivity contribution in [2.24, 2.45) is 0 Å². The van der Waals surface area contributed by atoms with Crippen LogP contribution < -0.4 is 10.6 Å². The Labute approximate surface area is 128 Å². The summed E-state index contributed by atoms with van der Waals surface area (Å²) in [6, 6.07) is 3.52. The van der Waals surface area contributed by atoms with Crippen molar-refractivity contribution in [3.05, 3.63) is 35.9 Å². The van der Waals surface area contributed by atoms with Gasteiger partial charge in [-0.3, -0.25) is 19.0 Å². The first kappa shape index (κ1) is 15.7. The quantitative estimate of drug-likeness (QED) is 0.750. The van der Waals surface area contributed by atoms with Gasteiger partial charge in [0.15, 0.2) is 0 Å². The van der Waals surface area contributed by atoms with Crippen molar-refractivity contribution in [2.75, 3.05) is 13.1 Å². The molecule has 0 fully saturated rings. The normalized spacial score (nSPS) is 10.5. The molecule has 0 unspecified atom stereocenters. The molecule has 22 heavy (non-hydrogen) atoms. The number of hydrogen-bond donors (Lipinski definition) is 2. The van der Waals surface area contributed by atoms with Gasteiger partial charge in [-0.1, -0.05) is 0 Å². The number of nitrogens with one attached hydrogen (secondary N) is 2. The van der Waals surface area contributed by atoms with Gasteiger partial charge >= 0.3 is 0 Å². The third-order valence-electron chi connectivity index (χ3n) is 3.07. The van der Waals surface area contributed by atoms with Gasteiger partial charge in [-0.15, -0.1) is 0 Å². The van der Waals surface area contributed by atoms with Crippen molar-refractivity contribution in [1.82, 2.24) is 30.2 Å². The molecule has 2 rings (SSSR count). The molecule has 0 aliphatic rings. The summed E-state index contributed by atoms with van der Waals surface area (Å²) in [6.07, 6.45) is 3.50. The lowest BCUT2D eigenvalue weighted by Gasteiger charge is -2.08. The second-order valence-corrected chi connectivity index (χ2v) is 4.79. The highest BCUT2D eigenvalue weighted by Gasteiger charge is 2.13. The molecule has 8 heteroatoms. The van der Waals surface area contributed by atoms with Gasteiger partial charge in [0.2, 0.25) is 5.91 Å². The Hall–Kier alpha value is -2.64. The second-order valence-electron chi connectivity index (χ2n) is 4.79. The Bertz CT molecular complexity index is 632. The van der Waals surface area contributed by atoms with E-state index in [2.05, 4.69) is 20.8 Å². The largest absolute Gasteiger partial charge is 0.353 e. The summed E-state index contributed by atoms with van der Waals surface area (Å²) < 4.78 is 3.34. The number of aryl methyl sites for hydroxylation is 2. The molecule has 2 aromatic rings. The minimum atomic E-state index is -0.301. The van der Waals surface area contributed by atoms with E-state index in [9.17, 15) is 9.59 Å². The molecule has 0 radical (unpaired) electrons. The number of nitrogens with zero attached hydrogens (tertiary/aromatic N) is 4. The lowest BCUT2D eigenvalue weighted by atomic mass is 10.3. The number of aromatic nitrogens is 4. The summed E-state index contributed by atoms with van der Waals surface area (Å²) >= 11 is 0. The highest BCUT2D eigenvalue weighted by atomic mass is 16.2. The van der Waals surface area contributed by atoms with Gasteiger partial charge in [0.05, 0.1) is 18.8 Å². The van der Waals surface area contributed by atoms with E-state index in [-0.39, 0.29) is 18.4 Å². The molecule has 0 atom stereocenters. The van der Waals surface area contributed by atoms with Crippen molar-refractivity contribution < 1.29 is 9.59 Å². The Morgan fingerprint density at radius 2 is 2.14 bits per heavy atom. The van der Waals surface area contributed by atoms with Crippen LogP contribution in [0.3, 0.4) is 0 Å². The molecular formula is C14H20N6O2. The van der Waals surface area contributed by atoms with Crippen LogP contribution in [0.15, 0.2) is 24.5 Å². The fraction of sp³-hybridized carbons (Fsp3) is 0.429. The van der Waals surface area contributed by atoms with Crippen LogP contribution in [0, 0.1) is 6.92 Å². The van der Waals surface area contributed by atoms with E-state index in [1.54, 1.807) is 21.6 Å². The molecule has 8 nitrogen and oxygen atoms in total. The Morgan fingerprint density at radius 3 is 2.82 bits per heavy atom. The molecule has 0 saturated heterocycles. The fourth-order valence-electron chi connectivity index (χ4n) is 2.03. The first-order chi connectivity index (χ1) is 10.6. The number of rotatable bonds is 7. The van der Waals surface area contributed by atoms with E-state index >= 15 is 0 Å².